The Morgan fingerprint density at radius 3 is 2.38 bits per heavy atom. The van der Waals surface area contributed by atoms with E-state index >= 15 is 0 Å². The second-order valence-corrected chi connectivity index (χ2v) is 6.65. The Morgan fingerprint density at radius 1 is 1.04 bits per heavy atom. The van der Waals surface area contributed by atoms with Gasteiger partial charge in [0.1, 0.15) is 5.75 Å². The lowest BCUT2D eigenvalue weighted by molar-refractivity contribution is -0.128. The molecule has 1 N–H and O–H groups in total. The van der Waals surface area contributed by atoms with Crippen molar-refractivity contribution >= 4 is 17.5 Å². The Labute approximate surface area is 155 Å². The van der Waals surface area contributed by atoms with Gasteiger partial charge in [-0.25, -0.2) is 0 Å². The molecule has 2 rings (SSSR count). The maximum atomic E-state index is 12.1. The number of ether oxygens (including phenoxy) is 1. The van der Waals surface area contributed by atoms with E-state index < -0.39 is 0 Å². The smallest absolute Gasteiger partial charge is 0.262 e. The highest BCUT2D eigenvalue weighted by Crippen LogP contribution is 2.17. The Kier molecular flexibility index (Phi) is 6.78. The second kappa shape index (κ2) is 9.04. The van der Waals surface area contributed by atoms with Gasteiger partial charge in [0, 0.05) is 26.2 Å². The number of carbonyl (C=O) groups excluding carboxylic acids is 2. The molecule has 26 heavy (non-hydrogen) atoms. The van der Waals surface area contributed by atoms with Crippen LogP contribution in [0.1, 0.15) is 23.1 Å². The topological polar surface area (TPSA) is 58.6 Å². The predicted molar refractivity (Wildman–Crippen MR) is 103 cm³/mol. The minimum absolute atomic E-state index is 0.0494. The van der Waals surface area contributed by atoms with Crippen LogP contribution in [0.5, 0.6) is 5.75 Å². The first-order valence-corrected chi connectivity index (χ1v) is 8.63. The summed E-state index contributed by atoms with van der Waals surface area (Å²) in [4.78, 5) is 25.4. The van der Waals surface area contributed by atoms with Gasteiger partial charge in [0.25, 0.3) is 5.91 Å². The summed E-state index contributed by atoms with van der Waals surface area (Å²) in [7, 11) is 3.49. The van der Waals surface area contributed by atoms with Gasteiger partial charge in [0.2, 0.25) is 5.91 Å². The quantitative estimate of drug-likeness (QED) is 0.830. The van der Waals surface area contributed by atoms with E-state index in [9.17, 15) is 9.59 Å². The van der Waals surface area contributed by atoms with Crippen molar-refractivity contribution in [3.8, 4) is 5.75 Å². The molecule has 0 fully saturated rings. The van der Waals surface area contributed by atoms with E-state index in [0.29, 0.717) is 24.3 Å². The highest BCUT2D eigenvalue weighted by molar-refractivity contribution is 5.92. The molecule has 5 heteroatoms. The van der Waals surface area contributed by atoms with E-state index in [2.05, 4.69) is 11.4 Å². The van der Waals surface area contributed by atoms with Crippen LogP contribution in [0.3, 0.4) is 0 Å². The average molecular weight is 354 g/mol. The summed E-state index contributed by atoms with van der Waals surface area (Å²) >= 11 is 0. The van der Waals surface area contributed by atoms with Crippen LogP contribution in [-0.4, -0.2) is 37.4 Å². The number of benzene rings is 2. The molecule has 0 aliphatic carbocycles. The van der Waals surface area contributed by atoms with Gasteiger partial charge in [0.05, 0.1) is 0 Å². The van der Waals surface area contributed by atoms with Crippen LogP contribution >= 0.6 is 0 Å². The van der Waals surface area contributed by atoms with Crippen molar-refractivity contribution in [1.29, 1.82) is 0 Å². The van der Waals surface area contributed by atoms with Crippen molar-refractivity contribution in [3.63, 3.8) is 0 Å². The Morgan fingerprint density at radius 2 is 1.73 bits per heavy atom. The standard InChI is InChI=1S/C21H26N2O3/c1-15-10-16(2)12-19(11-15)26-14-20(24)22-18-7-5-6-17(13-18)8-9-21(25)23(3)4/h5-7,10-13H,8-9,14H2,1-4H3,(H,22,24). The third-order valence-corrected chi connectivity index (χ3v) is 3.90. The van der Waals surface area contributed by atoms with E-state index in [4.69, 9.17) is 4.74 Å². The first-order valence-electron chi connectivity index (χ1n) is 8.63. The fourth-order valence-electron chi connectivity index (χ4n) is 2.64. The van der Waals surface area contributed by atoms with Gasteiger partial charge in [0.15, 0.2) is 6.61 Å². The van der Waals surface area contributed by atoms with E-state index in [0.717, 1.165) is 16.7 Å². The van der Waals surface area contributed by atoms with Crippen LogP contribution < -0.4 is 10.1 Å². The van der Waals surface area contributed by atoms with Crippen molar-refractivity contribution in [3.05, 3.63) is 59.2 Å². The first kappa shape index (κ1) is 19.5. The molecular formula is C21H26N2O3. The van der Waals surface area contributed by atoms with Crippen molar-refractivity contribution in [2.45, 2.75) is 26.7 Å². The molecule has 0 spiro atoms. The van der Waals surface area contributed by atoms with Crippen LogP contribution in [0.4, 0.5) is 5.69 Å². The molecule has 0 saturated heterocycles. The zero-order valence-electron chi connectivity index (χ0n) is 15.8. The fraction of sp³-hybridized carbons (Fsp3) is 0.333. The highest BCUT2D eigenvalue weighted by atomic mass is 16.5. The molecule has 0 saturated carbocycles. The second-order valence-electron chi connectivity index (χ2n) is 6.65. The number of nitrogens with zero attached hydrogens (tertiary/aromatic N) is 1. The van der Waals surface area contributed by atoms with Crippen molar-refractivity contribution in [2.75, 3.05) is 26.0 Å². The number of anilines is 1. The molecule has 2 aromatic rings. The molecule has 0 aromatic heterocycles. The van der Waals surface area contributed by atoms with Crippen LogP contribution in [0, 0.1) is 13.8 Å². The van der Waals surface area contributed by atoms with Gasteiger partial charge in [-0.2, -0.15) is 0 Å². The fourth-order valence-corrected chi connectivity index (χ4v) is 2.64. The van der Waals surface area contributed by atoms with Crippen LogP contribution in [0.2, 0.25) is 0 Å². The maximum Gasteiger partial charge on any atom is 0.262 e. The van der Waals surface area contributed by atoms with Gasteiger partial charge in [-0.3, -0.25) is 9.59 Å². The molecule has 0 heterocycles. The van der Waals surface area contributed by atoms with Gasteiger partial charge in [-0.15, -0.1) is 0 Å². The lowest BCUT2D eigenvalue weighted by Gasteiger charge is -2.11. The largest absolute Gasteiger partial charge is 0.484 e. The Balaban J connectivity index is 1.88. The monoisotopic (exact) mass is 354 g/mol. The van der Waals surface area contributed by atoms with Gasteiger partial charge in [-0.05, 0) is 61.2 Å². The number of hydrogen-bond donors (Lipinski definition) is 1. The first-order chi connectivity index (χ1) is 12.3. The molecule has 2 amide bonds. The van der Waals surface area contributed by atoms with E-state index in [1.165, 1.54) is 0 Å². The molecule has 0 radical (unpaired) electrons. The average Bonchev–Trinajstić information content (AvgIpc) is 2.57. The third kappa shape index (κ3) is 6.24. The summed E-state index contributed by atoms with van der Waals surface area (Å²) < 4.78 is 5.57. The van der Waals surface area contributed by atoms with E-state index in [-0.39, 0.29) is 18.4 Å². The summed E-state index contributed by atoms with van der Waals surface area (Å²) in [6, 6.07) is 13.4. The molecule has 0 aliphatic rings. The SMILES string of the molecule is Cc1cc(C)cc(OCC(=O)Nc2cccc(CCC(=O)N(C)C)c2)c1. The lowest BCUT2D eigenvalue weighted by Crippen LogP contribution is -2.22. The van der Waals surface area contributed by atoms with Crippen molar-refractivity contribution in [1.82, 2.24) is 4.90 Å². The minimum Gasteiger partial charge on any atom is -0.484 e. The molecule has 0 aliphatic heterocycles. The van der Waals surface area contributed by atoms with E-state index in [1.807, 2.05) is 50.2 Å². The molecule has 2 aromatic carbocycles. The number of hydrogen-bond acceptors (Lipinski definition) is 3. The zero-order valence-corrected chi connectivity index (χ0v) is 15.8. The van der Waals surface area contributed by atoms with Crippen LogP contribution in [0.15, 0.2) is 42.5 Å². The maximum absolute atomic E-state index is 12.1. The molecular weight excluding hydrogens is 328 g/mol. The minimum atomic E-state index is -0.217. The van der Waals surface area contributed by atoms with Gasteiger partial charge >= 0.3 is 0 Å². The van der Waals surface area contributed by atoms with Crippen LogP contribution in [-0.2, 0) is 16.0 Å². The van der Waals surface area contributed by atoms with Crippen LogP contribution in [0.25, 0.3) is 0 Å². The summed E-state index contributed by atoms with van der Waals surface area (Å²) in [5, 5.41) is 2.83. The summed E-state index contributed by atoms with van der Waals surface area (Å²) in [6.45, 7) is 3.94. The zero-order chi connectivity index (χ0) is 19.1. The number of rotatable bonds is 7. The normalized spacial score (nSPS) is 10.3. The molecule has 5 nitrogen and oxygen atoms in total. The van der Waals surface area contributed by atoms with Crippen molar-refractivity contribution < 1.29 is 14.3 Å². The van der Waals surface area contributed by atoms with Gasteiger partial charge in [-0.1, -0.05) is 18.2 Å². The molecule has 0 bridgehead atoms. The highest BCUT2D eigenvalue weighted by Gasteiger charge is 2.07. The summed E-state index contributed by atoms with van der Waals surface area (Å²) in [5.74, 6) is 0.556. The third-order valence-electron chi connectivity index (χ3n) is 3.90. The number of carbonyl (C=O) groups is 2. The summed E-state index contributed by atoms with van der Waals surface area (Å²) in [5.41, 5.74) is 3.91. The van der Waals surface area contributed by atoms with Crippen molar-refractivity contribution in [2.24, 2.45) is 0 Å². The predicted octanol–water partition coefficient (Wildman–Crippen LogP) is 3.34. The Hall–Kier alpha value is -2.82. The molecule has 0 atom stereocenters. The lowest BCUT2D eigenvalue weighted by atomic mass is 10.1. The molecule has 138 valence electrons. The summed E-state index contributed by atoms with van der Waals surface area (Å²) in [6.07, 6.45) is 1.08. The molecule has 0 unspecified atom stereocenters. The number of aryl methyl sites for hydroxylation is 3. The Bertz CT molecular complexity index is 764. The number of amides is 2. The van der Waals surface area contributed by atoms with Gasteiger partial charge < -0.3 is 15.0 Å². The number of nitrogens with one attached hydrogen (secondary N) is 1. The van der Waals surface area contributed by atoms with E-state index in [1.54, 1.807) is 19.0 Å².